The Labute approximate surface area is 107 Å². The van der Waals surface area contributed by atoms with Gasteiger partial charge in [-0.1, -0.05) is 17.7 Å². The van der Waals surface area contributed by atoms with Crippen LogP contribution in [0, 0.1) is 10.1 Å². The van der Waals surface area contributed by atoms with Gasteiger partial charge in [0.2, 0.25) is 0 Å². The number of nitro groups is 1. The quantitative estimate of drug-likeness (QED) is 0.668. The Bertz CT molecular complexity index is 584. The second kappa shape index (κ2) is 5.11. The lowest BCUT2D eigenvalue weighted by Gasteiger charge is -2.07. The van der Waals surface area contributed by atoms with Gasteiger partial charge in [-0.2, -0.15) is 5.10 Å². The Morgan fingerprint density at radius 1 is 1.50 bits per heavy atom. The second-order valence-electron chi connectivity index (χ2n) is 3.49. The largest absolute Gasteiger partial charge is 0.388 e. The number of aromatic nitrogens is 3. The molecule has 0 amide bonds. The first kappa shape index (κ1) is 12.5. The molecular formula is C10H9ClN4O3. The maximum Gasteiger partial charge on any atom is 0.275 e. The summed E-state index contributed by atoms with van der Waals surface area (Å²) in [6.45, 7) is -0.204. The predicted molar refractivity (Wildman–Crippen MR) is 63.2 cm³/mol. The van der Waals surface area contributed by atoms with E-state index in [1.54, 1.807) is 6.07 Å². The molecule has 0 fully saturated rings. The third-order valence-corrected chi connectivity index (χ3v) is 2.79. The number of aliphatic hydroxyl groups is 1. The molecular weight excluding hydrogens is 260 g/mol. The molecule has 0 bridgehead atoms. The van der Waals surface area contributed by atoms with Gasteiger partial charge in [0.1, 0.15) is 12.9 Å². The normalized spacial score (nSPS) is 10.6. The third-order valence-electron chi connectivity index (χ3n) is 2.44. The van der Waals surface area contributed by atoms with Crippen LogP contribution in [0.4, 0.5) is 5.69 Å². The molecule has 0 unspecified atom stereocenters. The number of rotatable bonds is 4. The van der Waals surface area contributed by atoms with Crippen LogP contribution < -0.4 is 0 Å². The smallest absolute Gasteiger partial charge is 0.275 e. The molecule has 0 atom stereocenters. The number of hydrogen-bond acceptors (Lipinski definition) is 5. The molecule has 18 heavy (non-hydrogen) atoms. The molecule has 1 aromatic carbocycles. The van der Waals surface area contributed by atoms with Gasteiger partial charge in [-0.3, -0.25) is 10.1 Å². The van der Waals surface area contributed by atoms with E-state index in [4.69, 9.17) is 16.7 Å². The fourth-order valence-electron chi connectivity index (χ4n) is 1.57. The Morgan fingerprint density at radius 2 is 2.28 bits per heavy atom. The lowest BCUT2D eigenvalue weighted by molar-refractivity contribution is -0.385. The van der Waals surface area contributed by atoms with Crippen LogP contribution in [0.15, 0.2) is 24.5 Å². The van der Waals surface area contributed by atoms with Crippen molar-refractivity contribution in [1.29, 1.82) is 0 Å². The van der Waals surface area contributed by atoms with E-state index in [0.29, 0.717) is 11.4 Å². The van der Waals surface area contributed by atoms with Crippen molar-refractivity contribution in [2.75, 3.05) is 0 Å². The van der Waals surface area contributed by atoms with E-state index >= 15 is 0 Å². The zero-order valence-electron chi connectivity index (χ0n) is 9.15. The molecule has 0 aliphatic heterocycles. The molecule has 0 saturated heterocycles. The summed E-state index contributed by atoms with van der Waals surface area (Å²) < 4.78 is 1.37. The van der Waals surface area contributed by atoms with E-state index in [1.807, 2.05) is 0 Å². The van der Waals surface area contributed by atoms with Crippen molar-refractivity contribution in [2.45, 2.75) is 13.2 Å². The van der Waals surface area contributed by atoms with Gasteiger partial charge in [-0.15, -0.1) is 0 Å². The highest BCUT2D eigenvalue weighted by atomic mass is 35.5. The first-order valence-electron chi connectivity index (χ1n) is 5.02. The van der Waals surface area contributed by atoms with Gasteiger partial charge in [0.15, 0.2) is 5.82 Å². The summed E-state index contributed by atoms with van der Waals surface area (Å²) in [5, 5.41) is 24.1. The number of benzene rings is 1. The fourth-order valence-corrected chi connectivity index (χ4v) is 1.80. The van der Waals surface area contributed by atoms with Crippen LogP contribution >= 0.6 is 11.6 Å². The Balaban J connectivity index is 2.42. The number of hydrogen-bond donors (Lipinski definition) is 1. The van der Waals surface area contributed by atoms with Crippen molar-refractivity contribution >= 4 is 17.3 Å². The van der Waals surface area contributed by atoms with E-state index in [2.05, 4.69) is 10.1 Å². The van der Waals surface area contributed by atoms with Crippen molar-refractivity contribution in [3.05, 3.63) is 51.1 Å². The maximum atomic E-state index is 10.9. The number of nitrogens with zero attached hydrogens (tertiary/aromatic N) is 4. The summed E-state index contributed by atoms with van der Waals surface area (Å²) in [7, 11) is 0. The van der Waals surface area contributed by atoms with Crippen LogP contribution in [0.5, 0.6) is 0 Å². The number of halogens is 1. The minimum atomic E-state index is -0.503. The first-order chi connectivity index (χ1) is 8.63. The summed E-state index contributed by atoms with van der Waals surface area (Å²) in [4.78, 5) is 14.2. The van der Waals surface area contributed by atoms with Crippen molar-refractivity contribution in [2.24, 2.45) is 0 Å². The third kappa shape index (κ3) is 2.31. The molecule has 7 nitrogen and oxygen atoms in total. The molecule has 8 heteroatoms. The highest BCUT2D eigenvalue weighted by Gasteiger charge is 2.18. The Morgan fingerprint density at radius 3 is 2.94 bits per heavy atom. The monoisotopic (exact) mass is 268 g/mol. The second-order valence-corrected chi connectivity index (χ2v) is 3.89. The van der Waals surface area contributed by atoms with Crippen molar-refractivity contribution < 1.29 is 10.0 Å². The molecule has 1 N–H and O–H groups in total. The Hall–Kier alpha value is -1.99. The highest BCUT2D eigenvalue weighted by molar-refractivity contribution is 6.31. The van der Waals surface area contributed by atoms with E-state index in [-0.39, 0.29) is 23.9 Å². The molecule has 0 spiro atoms. The number of nitro benzene ring substituents is 1. The molecule has 2 aromatic rings. The topological polar surface area (TPSA) is 94.1 Å². The zero-order valence-corrected chi connectivity index (χ0v) is 9.91. The summed E-state index contributed by atoms with van der Waals surface area (Å²) in [5.74, 6) is 0.323. The van der Waals surface area contributed by atoms with Gasteiger partial charge in [0, 0.05) is 6.07 Å². The van der Waals surface area contributed by atoms with Crippen LogP contribution in [0.2, 0.25) is 5.02 Å². The fraction of sp³-hybridized carbons (Fsp3) is 0.200. The minimum Gasteiger partial charge on any atom is -0.388 e. The maximum absolute atomic E-state index is 10.9. The van der Waals surface area contributed by atoms with E-state index in [1.165, 1.54) is 23.1 Å². The highest BCUT2D eigenvalue weighted by Crippen LogP contribution is 2.27. The lowest BCUT2D eigenvalue weighted by Crippen LogP contribution is -2.09. The van der Waals surface area contributed by atoms with Crippen LogP contribution in [-0.2, 0) is 13.2 Å². The SMILES string of the molecule is O=[N+]([O-])c1cccc(Cl)c1Cn1ncnc1CO. The number of aliphatic hydroxyl groups excluding tert-OH is 1. The van der Waals surface area contributed by atoms with Gasteiger partial charge in [0.25, 0.3) is 5.69 Å². The van der Waals surface area contributed by atoms with E-state index in [9.17, 15) is 10.1 Å². The molecule has 94 valence electrons. The van der Waals surface area contributed by atoms with Crippen LogP contribution in [0.25, 0.3) is 0 Å². The lowest BCUT2D eigenvalue weighted by atomic mass is 10.2. The summed E-state index contributed by atoms with van der Waals surface area (Å²) in [5.41, 5.74) is 0.256. The molecule has 2 rings (SSSR count). The first-order valence-corrected chi connectivity index (χ1v) is 5.40. The molecule has 1 heterocycles. The van der Waals surface area contributed by atoms with Crippen molar-refractivity contribution in [3.8, 4) is 0 Å². The molecule has 0 saturated carbocycles. The van der Waals surface area contributed by atoms with Gasteiger partial charge in [0.05, 0.1) is 22.1 Å². The molecule has 1 aromatic heterocycles. The molecule has 0 aliphatic carbocycles. The van der Waals surface area contributed by atoms with Gasteiger partial charge < -0.3 is 5.11 Å². The van der Waals surface area contributed by atoms with Crippen LogP contribution in [0.1, 0.15) is 11.4 Å². The zero-order chi connectivity index (χ0) is 13.1. The summed E-state index contributed by atoms with van der Waals surface area (Å²) in [6.07, 6.45) is 1.27. The standard InChI is InChI=1S/C10H9ClN4O3/c11-8-2-1-3-9(15(17)18)7(8)4-14-10(5-16)12-6-13-14/h1-3,6,16H,4-5H2. The van der Waals surface area contributed by atoms with Gasteiger partial charge in [-0.05, 0) is 6.07 Å². The van der Waals surface area contributed by atoms with Crippen LogP contribution in [0.3, 0.4) is 0 Å². The Kier molecular flexibility index (Phi) is 3.54. The molecule has 0 aliphatic rings. The molecule has 0 radical (unpaired) electrons. The predicted octanol–water partition coefficient (Wildman–Crippen LogP) is 1.38. The van der Waals surface area contributed by atoms with Gasteiger partial charge in [-0.25, -0.2) is 9.67 Å². The average molecular weight is 269 g/mol. The van der Waals surface area contributed by atoms with Crippen molar-refractivity contribution in [1.82, 2.24) is 14.8 Å². The summed E-state index contributed by atoms with van der Waals surface area (Å²) in [6, 6.07) is 4.45. The minimum absolute atomic E-state index is 0.0816. The average Bonchev–Trinajstić information content (AvgIpc) is 2.78. The van der Waals surface area contributed by atoms with Crippen molar-refractivity contribution in [3.63, 3.8) is 0 Å². The van der Waals surface area contributed by atoms with Gasteiger partial charge >= 0.3 is 0 Å². The summed E-state index contributed by atoms with van der Waals surface area (Å²) >= 11 is 5.96. The van der Waals surface area contributed by atoms with Crippen LogP contribution in [-0.4, -0.2) is 24.8 Å². The van der Waals surface area contributed by atoms with E-state index < -0.39 is 4.92 Å². The van der Waals surface area contributed by atoms with E-state index in [0.717, 1.165) is 0 Å².